The van der Waals surface area contributed by atoms with Crippen LogP contribution < -0.4 is 4.72 Å². The van der Waals surface area contributed by atoms with Crippen LogP contribution in [0.2, 0.25) is 0 Å². The van der Waals surface area contributed by atoms with Gasteiger partial charge in [0, 0.05) is 17.8 Å². The molecular weight excluding hydrogens is 370 g/mol. The first-order valence-corrected chi connectivity index (χ1v) is 10.1. The van der Waals surface area contributed by atoms with E-state index in [1.807, 2.05) is 13.8 Å². The number of carbonyl (C=O) groups is 1. The molecule has 1 amide bonds. The molecule has 1 aliphatic rings. The zero-order chi connectivity index (χ0) is 19.8. The van der Waals surface area contributed by atoms with Crippen molar-refractivity contribution in [2.24, 2.45) is 0 Å². The number of hydrogen-bond acceptors (Lipinski definition) is 6. The number of hydrogen-bond donors (Lipinski definition) is 1. The van der Waals surface area contributed by atoms with Gasteiger partial charge in [-0.05, 0) is 52.0 Å². The van der Waals surface area contributed by atoms with Crippen LogP contribution in [0.25, 0.3) is 0 Å². The number of aryl methyl sites for hydroxylation is 2. The summed E-state index contributed by atoms with van der Waals surface area (Å²) in [5, 5.41) is 3.67. The Labute approximate surface area is 158 Å². The Morgan fingerprint density at radius 3 is 2.44 bits per heavy atom. The van der Waals surface area contributed by atoms with E-state index in [1.165, 1.54) is 0 Å². The number of amides is 1. The van der Waals surface area contributed by atoms with Crippen molar-refractivity contribution in [3.63, 3.8) is 0 Å². The summed E-state index contributed by atoms with van der Waals surface area (Å²) in [6.45, 7) is 8.52. The molecule has 146 valence electrons. The second-order valence-electron chi connectivity index (χ2n) is 7.16. The van der Waals surface area contributed by atoms with Crippen LogP contribution in [0.3, 0.4) is 0 Å². The zero-order valence-electron chi connectivity index (χ0n) is 15.8. The Bertz CT molecular complexity index is 928. The number of anilines is 1. The number of carbonyl (C=O) groups excluding carboxylic acids is 1. The van der Waals surface area contributed by atoms with E-state index in [4.69, 9.17) is 9.26 Å². The molecule has 8 nitrogen and oxygen atoms in total. The van der Waals surface area contributed by atoms with Crippen molar-refractivity contribution in [1.82, 2.24) is 10.1 Å². The molecule has 2 aromatic rings. The van der Waals surface area contributed by atoms with Gasteiger partial charge in [-0.25, -0.2) is 8.42 Å². The number of rotatable bonds is 4. The number of morpholine rings is 1. The highest BCUT2D eigenvalue weighted by Crippen LogP contribution is 2.24. The molecule has 1 fully saturated rings. The first-order chi connectivity index (χ1) is 12.6. The summed E-state index contributed by atoms with van der Waals surface area (Å²) in [4.78, 5) is 14.6. The average molecular weight is 393 g/mol. The van der Waals surface area contributed by atoms with Crippen molar-refractivity contribution in [3.05, 3.63) is 41.3 Å². The minimum Gasteiger partial charge on any atom is -0.377 e. The van der Waals surface area contributed by atoms with E-state index in [9.17, 15) is 13.2 Å². The van der Waals surface area contributed by atoms with Gasteiger partial charge < -0.3 is 14.2 Å². The van der Waals surface area contributed by atoms with Gasteiger partial charge in [-0.1, -0.05) is 5.16 Å². The van der Waals surface area contributed by atoms with Crippen LogP contribution in [0.5, 0.6) is 0 Å². The maximum atomic E-state index is 12.8. The Kier molecular flexibility index (Phi) is 5.00. The van der Waals surface area contributed by atoms with Crippen LogP contribution in [0.4, 0.5) is 5.69 Å². The lowest BCUT2D eigenvalue weighted by atomic mass is 10.0. The Hall–Kier alpha value is -2.39. The Balaban J connectivity index is 1.79. The second-order valence-corrected chi connectivity index (χ2v) is 8.78. The molecule has 27 heavy (non-hydrogen) atoms. The molecule has 1 aliphatic heterocycles. The summed E-state index contributed by atoms with van der Waals surface area (Å²) < 4.78 is 38.0. The zero-order valence-corrected chi connectivity index (χ0v) is 16.6. The van der Waals surface area contributed by atoms with Crippen LogP contribution in [0.15, 0.2) is 33.7 Å². The quantitative estimate of drug-likeness (QED) is 0.855. The van der Waals surface area contributed by atoms with Gasteiger partial charge in [-0.3, -0.25) is 9.52 Å². The maximum Gasteiger partial charge on any atom is 0.267 e. The molecule has 0 aliphatic carbocycles. The molecule has 9 heteroatoms. The third-order valence-corrected chi connectivity index (χ3v) is 6.14. The lowest BCUT2D eigenvalue weighted by Crippen LogP contribution is -2.55. The van der Waals surface area contributed by atoms with Gasteiger partial charge >= 0.3 is 0 Å². The predicted molar refractivity (Wildman–Crippen MR) is 99.2 cm³/mol. The van der Waals surface area contributed by atoms with Crippen LogP contribution >= 0.6 is 0 Å². The first-order valence-electron chi connectivity index (χ1n) is 8.57. The molecule has 1 aromatic heterocycles. The fraction of sp³-hybridized carbons (Fsp3) is 0.444. The highest BCUT2D eigenvalue weighted by Gasteiger charge is 2.34. The molecule has 1 aromatic carbocycles. The van der Waals surface area contributed by atoms with E-state index >= 15 is 0 Å². The van der Waals surface area contributed by atoms with Crippen LogP contribution in [0.1, 0.15) is 35.7 Å². The van der Waals surface area contributed by atoms with Crippen LogP contribution in [0, 0.1) is 13.8 Å². The molecule has 0 saturated carbocycles. The minimum atomic E-state index is -3.82. The Morgan fingerprint density at radius 1 is 1.22 bits per heavy atom. The number of nitrogens with one attached hydrogen (secondary N) is 1. The van der Waals surface area contributed by atoms with Gasteiger partial charge in [-0.2, -0.15) is 0 Å². The first kappa shape index (κ1) is 19.4. The molecule has 3 rings (SSSR count). The maximum absolute atomic E-state index is 12.8. The number of benzene rings is 1. The fourth-order valence-electron chi connectivity index (χ4n) is 3.14. The van der Waals surface area contributed by atoms with Gasteiger partial charge in [0.1, 0.15) is 5.69 Å². The normalized spacial score (nSPS) is 17.0. The van der Waals surface area contributed by atoms with E-state index in [2.05, 4.69) is 9.88 Å². The van der Waals surface area contributed by atoms with E-state index in [0.29, 0.717) is 36.7 Å². The summed E-state index contributed by atoms with van der Waals surface area (Å²) in [6, 6.07) is 6.35. The third kappa shape index (κ3) is 3.84. The molecular formula is C18H23N3O5S. The highest BCUT2D eigenvalue weighted by atomic mass is 32.2. The average Bonchev–Trinajstić information content (AvgIpc) is 2.93. The topological polar surface area (TPSA) is 102 Å². The monoisotopic (exact) mass is 393 g/mol. The van der Waals surface area contributed by atoms with Gasteiger partial charge in [-0.15, -0.1) is 0 Å². The number of ether oxygens (including phenoxy) is 1. The van der Waals surface area contributed by atoms with E-state index in [-0.39, 0.29) is 22.1 Å². The van der Waals surface area contributed by atoms with E-state index < -0.39 is 10.0 Å². The van der Waals surface area contributed by atoms with Gasteiger partial charge in [0.25, 0.3) is 15.9 Å². The highest BCUT2D eigenvalue weighted by molar-refractivity contribution is 7.92. The van der Waals surface area contributed by atoms with E-state index in [1.54, 1.807) is 43.0 Å². The minimum absolute atomic E-state index is 0.0257. The molecule has 2 heterocycles. The summed E-state index contributed by atoms with van der Waals surface area (Å²) in [7, 11) is -3.82. The van der Waals surface area contributed by atoms with Crippen molar-refractivity contribution in [1.29, 1.82) is 0 Å². The smallest absolute Gasteiger partial charge is 0.267 e. The molecule has 0 bridgehead atoms. The molecule has 0 spiro atoms. The van der Waals surface area contributed by atoms with Crippen molar-refractivity contribution in [2.45, 2.75) is 38.1 Å². The SMILES string of the molecule is Cc1noc(C)c1S(=O)(=O)Nc1ccc(C(=O)N2CCOCC2(C)C)cc1. The van der Waals surface area contributed by atoms with Crippen molar-refractivity contribution >= 4 is 21.6 Å². The van der Waals surface area contributed by atoms with Gasteiger partial charge in [0.15, 0.2) is 10.7 Å². The second kappa shape index (κ2) is 6.97. The van der Waals surface area contributed by atoms with Crippen molar-refractivity contribution < 1.29 is 22.5 Å². The van der Waals surface area contributed by atoms with Crippen LogP contribution in [-0.4, -0.2) is 49.7 Å². The van der Waals surface area contributed by atoms with Gasteiger partial charge in [0.05, 0.1) is 18.8 Å². The lowest BCUT2D eigenvalue weighted by Gasteiger charge is -2.42. The summed E-state index contributed by atoms with van der Waals surface area (Å²) in [5.41, 5.74) is 0.748. The number of nitrogens with zero attached hydrogens (tertiary/aromatic N) is 2. The number of sulfonamides is 1. The molecule has 1 saturated heterocycles. The van der Waals surface area contributed by atoms with Crippen molar-refractivity contribution in [3.8, 4) is 0 Å². The molecule has 1 N–H and O–H groups in total. The molecule has 0 atom stereocenters. The summed E-state index contributed by atoms with van der Waals surface area (Å²) in [6.07, 6.45) is 0. The third-order valence-electron chi connectivity index (χ3n) is 4.51. The standard InChI is InChI=1S/C18H23N3O5S/c1-12-16(13(2)26-19-12)27(23,24)20-15-7-5-14(6-8-15)17(22)21-9-10-25-11-18(21,3)4/h5-8,20H,9-11H2,1-4H3. The van der Waals surface area contributed by atoms with Crippen molar-refractivity contribution in [2.75, 3.05) is 24.5 Å². The fourth-order valence-corrected chi connectivity index (χ4v) is 4.53. The summed E-state index contributed by atoms with van der Waals surface area (Å²) >= 11 is 0. The summed E-state index contributed by atoms with van der Waals surface area (Å²) in [5.74, 6) is 0.116. The largest absolute Gasteiger partial charge is 0.377 e. The van der Waals surface area contributed by atoms with Gasteiger partial charge in [0.2, 0.25) is 0 Å². The van der Waals surface area contributed by atoms with E-state index in [0.717, 1.165) is 0 Å². The van der Waals surface area contributed by atoms with Crippen LogP contribution in [-0.2, 0) is 14.8 Å². The Morgan fingerprint density at radius 2 is 1.89 bits per heavy atom. The lowest BCUT2D eigenvalue weighted by molar-refractivity contribution is -0.0370. The number of aromatic nitrogens is 1. The molecule has 0 unspecified atom stereocenters. The molecule has 0 radical (unpaired) electrons. The predicted octanol–water partition coefficient (Wildman–Crippen LogP) is 2.34.